The molecule has 4 amide bonds. The number of nitrogens with zero attached hydrogens (tertiary/aromatic N) is 6. The number of halogens is 2. The normalized spacial score (nSPS) is 18.1. The van der Waals surface area contributed by atoms with Crippen LogP contribution in [-0.4, -0.2) is 140 Å². The van der Waals surface area contributed by atoms with Crippen molar-refractivity contribution in [1.82, 2.24) is 29.6 Å². The lowest BCUT2D eigenvalue weighted by molar-refractivity contribution is -0.139. The van der Waals surface area contributed by atoms with Gasteiger partial charge in [-0.05, 0) is 215 Å². The van der Waals surface area contributed by atoms with Crippen molar-refractivity contribution in [2.24, 2.45) is 23.7 Å². The highest BCUT2D eigenvalue weighted by Crippen LogP contribution is 2.30. The van der Waals surface area contributed by atoms with Crippen LogP contribution in [0.3, 0.4) is 0 Å². The molecule has 0 aliphatic carbocycles. The fourth-order valence-electron chi connectivity index (χ4n) is 10.9. The smallest absolute Gasteiger partial charge is 0.413 e. The summed E-state index contributed by atoms with van der Waals surface area (Å²) in [5.41, 5.74) is 3.14. The van der Waals surface area contributed by atoms with Gasteiger partial charge in [-0.15, -0.1) is 0 Å². The number of aliphatic hydroxyl groups is 2. The number of pyridine rings is 2. The number of amides is 4. The maximum absolute atomic E-state index is 13.2. The molecule has 2 unspecified atom stereocenters. The van der Waals surface area contributed by atoms with Gasteiger partial charge < -0.3 is 29.5 Å². The summed E-state index contributed by atoms with van der Waals surface area (Å²) >= 11 is 11.9. The topological polar surface area (TPSA) is 190 Å². The maximum Gasteiger partial charge on any atom is 0.413 e. The van der Waals surface area contributed by atoms with E-state index in [4.69, 9.17) is 32.7 Å². The van der Waals surface area contributed by atoms with E-state index in [0.717, 1.165) is 113 Å². The molecule has 18 heteroatoms. The van der Waals surface area contributed by atoms with Gasteiger partial charge in [0.05, 0.1) is 12.2 Å². The number of hydrogen-bond donors (Lipinski definition) is 4. The van der Waals surface area contributed by atoms with Crippen LogP contribution in [0.5, 0.6) is 0 Å². The second kappa shape index (κ2) is 30.6. The van der Waals surface area contributed by atoms with E-state index < -0.39 is 35.6 Å². The van der Waals surface area contributed by atoms with Gasteiger partial charge in [0.25, 0.3) is 0 Å². The summed E-state index contributed by atoms with van der Waals surface area (Å²) in [5, 5.41) is 28.3. The number of aliphatic hydroxyl groups excluding tert-OH is 2. The lowest BCUT2D eigenvalue weighted by Gasteiger charge is -2.38. The number of benzene rings is 2. The first-order valence-corrected chi connectivity index (χ1v) is 28.6. The van der Waals surface area contributed by atoms with Crippen LogP contribution in [0.2, 0.25) is 10.0 Å². The molecule has 4 aromatic rings. The first-order valence-electron chi connectivity index (χ1n) is 27.9. The van der Waals surface area contributed by atoms with Gasteiger partial charge in [0, 0.05) is 73.5 Å². The second-order valence-electron chi connectivity index (χ2n) is 23.6. The molecule has 16 nitrogen and oxygen atoms in total. The minimum absolute atomic E-state index is 0. The van der Waals surface area contributed by atoms with Gasteiger partial charge in [-0.25, -0.2) is 19.6 Å². The molecule has 0 radical (unpaired) electrons. The molecule has 80 heavy (non-hydrogen) atoms. The van der Waals surface area contributed by atoms with Gasteiger partial charge in [-0.1, -0.05) is 62.3 Å². The first kappa shape index (κ1) is 65.5. The fraction of sp³-hybridized carbons (Fsp3) is 0.581. The maximum atomic E-state index is 13.2. The number of ether oxygens (including phenoxy) is 2. The average Bonchev–Trinajstić information content (AvgIpc) is 3.39. The van der Waals surface area contributed by atoms with E-state index in [1.807, 2.05) is 124 Å². The fourth-order valence-corrected chi connectivity index (χ4v) is 11.1. The van der Waals surface area contributed by atoms with Gasteiger partial charge in [0.15, 0.2) is 0 Å². The molecule has 4 saturated heterocycles. The summed E-state index contributed by atoms with van der Waals surface area (Å²) in [6.45, 7) is 18.7. The Morgan fingerprint density at radius 3 is 1.16 bits per heavy atom. The standard InChI is InChI=1S/2C30H41ClN4O4.2CH4/c2*1-30(2,3)39-29(38)33-27-19-22(8-13-32-27)20-34-14-9-24(10-15-34)28(37)35-16-11-23(12-17-35)26(36)18-21-4-6-25(31)7-5-21;;/h2*4-8,13,19,23-24,26,36H,9-12,14-18,20H2,1-3H3,(H,32,33,38);2*1H4. The van der Waals surface area contributed by atoms with Crippen molar-refractivity contribution in [2.75, 3.05) is 63.0 Å². The Bertz CT molecular complexity index is 2390. The van der Waals surface area contributed by atoms with Crippen LogP contribution in [0.1, 0.15) is 130 Å². The summed E-state index contributed by atoms with van der Waals surface area (Å²) in [7, 11) is 0. The molecular weight excluding hydrogens is 1060 g/mol. The van der Waals surface area contributed by atoms with Crippen LogP contribution in [0.4, 0.5) is 21.2 Å². The predicted octanol–water partition coefficient (Wildman–Crippen LogP) is 11.5. The van der Waals surface area contributed by atoms with Crippen LogP contribution in [0.25, 0.3) is 0 Å². The Hall–Kier alpha value is -5.36. The lowest BCUT2D eigenvalue weighted by Crippen LogP contribution is -2.46. The molecule has 4 aliphatic rings. The van der Waals surface area contributed by atoms with E-state index in [1.54, 1.807) is 12.4 Å². The van der Waals surface area contributed by atoms with Crippen LogP contribution >= 0.6 is 23.2 Å². The third-order valence-corrected chi connectivity index (χ3v) is 15.6. The first-order chi connectivity index (χ1) is 37.1. The van der Waals surface area contributed by atoms with Crippen molar-refractivity contribution in [1.29, 1.82) is 0 Å². The molecule has 2 atom stereocenters. The number of rotatable bonds is 14. The van der Waals surface area contributed by atoms with E-state index >= 15 is 0 Å². The molecular formula is C62H90Cl2N8O8. The average molecular weight is 1150 g/mol. The van der Waals surface area contributed by atoms with Crippen molar-refractivity contribution in [3.05, 3.63) is 117 Å². The summed E-state index contributed by atoms with van der Waals surface area (Å²) in [5.74, 6) is 1.98. The molecule has 0 bridgehead atoms. The van der Waals surface area contributed by atoms with Crippen molar-refractivity contribution in [3.8, 4) is 0 Å². The summed E-state index contributed by atoms with van der Waals surface area (Å²) < 4.78 is 10.6. The molecule has 4 N–H and O–H groups in total. The SMILES string of the molecule is C.C.CC(C)(C)OC(=O)Nc1cc(CN2CCC(C(=O)N3CCC(C(O)Cc4ccc(Cl)cc4)CC3)CC2)ccn1.CC(C)(C)OC(=O)Nc1cc(CN2CCC(C(=O)N3CCC(C(O)Cc4ccc(Cl)cc4)CC3)CC2)ccn1. The summed E-state index contributed by atoms with van der Waals surface area (Å²) in [4.78, 5) is 67.7. The highest BCUT2D eigenvalue weighted by atomic mass is 35.5. The monoisotopic (exact) mass is 1140 g/mol. The zero-order valence-corrected chi connectivity index (χ0v) is 48.0. The molecule has 440 valence electrons. The number of nitrogens with one attached hydrogen (secondary N) is 2. The number of carbonyl (C=O) groups is 4. The van der Waals surface area contributed by atoms with E-state index in [9.17, 15) is 29.4 Å². The minimum atomic E-state index is -0.571. The van der Waals surface area contributed by atoms with Gasteiger partial charge >= 0.3 is 12.2 Å². The third-order valence-electron chi connectivity index (χ3n) is 15.1. The van der Waals surface area contributed by atoms with Gasteiger partial charge in [-0.2, -0.15) is 0 Å². The Kier molecular flexibility index (Phi) is 25.1. The summed E-state index contributed by atoms with van der Waals surface area (Å²) in [6, 6.07) is 22.9. The van der Waals surface area contributed by atoms with Gasteiger partial charge in [0.2, 0.25) is 11.8 Å². The predicted molar refractivity (Wildman–Crippen MR) is 319 cm³/mol. The van der Waals surface area contributed by atoms with Crippen LogP contribution < -0.4 is 10.6 Å². The number of carbonyl (C=O) groups excluding carboxylic acids is 4. The van der Waals surface area contributed by atoms with Crippen LogP contribution in [0, 0.1) is 23.7 Å². The van der Waals surface area contributed by atoms with E-state index in [0.29, 0.717) is 60.7 Å². The zero-order chi connectivity index (χ0) is 56.0. The lowest BCUT2D eigenvalue weighted by atomic mass is 9.87. The van der Waals surface area contributed by atoms with Crippen molar-refractivity contribution in [2.45, 2.75) is 157 Å². The van der Waals surface area contributed by atoms with Crippen molar-refractivity contribution >= 4 is 58.8 Å². The van der Waals surface area contributed by atoms with Gasteiger partial charge in [0.1, 0.15) is 22.8 Å². The zero-order valence-electron chi connectivity index (χ0n) is 46.5. The summed E-state index contributed by atoms with van der Waals surface area (Å²) in [6.07, 6.45) is 9.45. The highest BCUT2D eigenvalue weighted by Gasteiger charge is 2.35. The Labute approximate surface area is 486 Å². The quantitative estimate of drug-likeness (QED) is 0.0936. The number of aromatic nitrogens is 2. The van der Waals surface area contributed by atoms with E-state index in [2.05, 4.69) is 30.4 Å². The highest BCUT2D eigenvalue weighted by molar-refractivity contribution is 6.30. The number of hydrogen-bond acceptors (Lipinski definition) is 12. The molecule has 4 fully saturated rings. The van der Waals surface area contributed by atoms with Crippen LogP contribution in [0.15, 0.2) is 85.2 Å². The molecule has 2 aromatic carbocycles. The number of anilines is 2. The molecule has 8 rings (SSSR count). The molecule has 0 saturated carbocycles. The van der Waals surface area contributed by atoms with E-state index in [-0.39, 0.29) is 50.3 Å². The minimum Gasteiger partial charge on any atom is -0.444 e. The van der Waals surface area contributed by atoms with Crippen LogP contribution in [-0.2, 0) is 45.0 Å². The molecule has 2 aromatic heterocycles. The largest absolute Gasteiger partial charge is 0.444 e. The Morgan fingerprint density at radius 1 is 0.525 bits per heavy atom. The molecule has 0 spiro atoms. The molecule has 6 heterocycles. The van der Waals surface area contributed by atoms with E-state index in [1.165, 1.54) is 0 Å². The van der Waals surface area contributed by atoms with Crippen molar-refractivity contribution < 1.29 is 38.9 Å². The third kappa shape index (κ3) is 21.2. The molecule has 4 aliphatic heterocycles. The second-order valence-corrected chi connectivity index (χ2v) is 24.4. The number of likely N-dealkylation sites (tertiary alicyclic amines) is 4. The number of piperidine rings is 4. The Balaban J connectivity index is 0.000000287. The van der Waals surface area contributed by atoms with Gasteiger partial charge in [-0.3, -0.25) is 30.0 Å². The van der Waals surface area contributed by atoms with Crippen molar-refractivity contribution in [3.63, 3.8) is 0 Å². The Morgan fingerprint density at radius 2 is 0.850 bits per heavy atom.